The van der Waals surface area contributed by atoms with Gasteiger partial charge >= 0.3 is 5.97 Å². The Morgan fingerprint density at radius 3 is 2.54 bits per heavy atom. The van der Waals surface area contributed by atoms with Gasteiger partial charge in [0, 0.05) is 0 Å². The quantitative estimate of drug-likeness (QED) is 0.787. The van der Waals surface area contributed by atoms with E-state index in [2.05, 4.69) is 20.8 Å². The third-order valence-electron chi connectivity index (χ3n) is 6.31. The van der Waals surface area contributed by atoms with E-state index in [-0.39, 0.29) is 18.7 Å². The van der Waals surface area contributed by atoms with Crippen molar-refractivity contribution in [1.29, 1.82) is 0 Å². The minimum atomic E-state index is -0.580. The fourth-order valence-electron chi connectivity index (χ4n) is 4.53. The van der Waals surface area contributed by atoms with E-state index in [1.165, 1.54) is 13.5 Å². The first-order valence-electron chi connectivity index (χ1n) is 9.04. The maximum absolute atomic E-state index is 12.6. The maximum atomic E-state index is 12.6. The van der Waals surface area contributed by atoms with Crippen LogP contribution in [-0.2, 0) is 9.53 Å². The number of fused-ring (bicyclic) bond motifs is 2. The summed E-state index contributed by atoms with van der Waals surface area (Å²) in [4.78, 5) is 23.5. The molecule has 1 aromatic carbocycles. The molecule has 142 valence electrons. The molecule has 0 aromatic heterocycles. The predicted octanol–water partition coefficient (Wildman–Crippen LogP) is 2.79. The highest BCUT2D eigenvalue weighted by molar-refractivity contribution is 5.90. The van der Waals surface area contributed by atoms with Crippen molar-refractivity contribution in [2.24, 2.45) is 28.9 Å². The molecule has 26 heavy (non-hydrogen) atoms. The zero-order chi connectivity index (χ0) is 19.1. The molecule has 3 fully saturated rings. The lowest BCUT2D eigenvalue weighted by Gasteiger charge is -2.61. The minimum Gasteiger partial charge on any atom is -0.493 e. The molecule has 0 aliphatic heterocycles. The van der Waals surface area contributed by atoms with E-state index in [0.717, 1.165) is 6.42 Å². The van der Waals surface area contributed by atoms with Gasteiger partial charge in [0.15, 0.2) is 18.1 Å². The molecule has 0 saturated heterocycles. The highest BCUT2D eigenvalue weighted by atomic mass is 16.5. The Labute approximate surface area is 154 Å². The van der Waals surface area contributed by atoms with Crippen molar-refractivity contribution < 1.29 is 23.8 Å². The number of carbonyl (C=O) groups excluding carboxylic acids is 2. The fourth-order valence-corrected chi connectivity index (χ4v) is 4.53. The fraction of sp³-hybridized carbons (Fsp3) is 0.600. The van der Waals surface area contributed by atoms with Crippen molar-refractivity contribution >= 4 is 11.9 Å². The summed E-state index contributed by atoms with van der Waals surface area (Å²) in [6.45, 7) is 6.56. The standard InChI is InChI=1S/C20H27NO5/c1-11-14-8-13(20(14,2)3)9-16(11)26-19(23)12-5-6-15(17(7-12)24-4)25-10-18(21)22/h5-7,11,13-14,16H,8-10H2,1-4H3,(H2,21,22)/t11-,13-,14+,16+/m1/s1. The Morgan fingerprint density at radius 2 is 1.96 bits per heavy atom. The average Bonchev–Trinajstić information content (AvgIpc) is 2.60. The van der Waals surface area contributed by atoms with Gasteiger partial charge in [-0.05, 0) is 54.2 Å². The zero-order valence-corrected chi connectivity index (χ0v) is 15.8. The molecule has 3 saturated carbocycles. The first-order valence-corrected chi connectivity index (χ1v) is 9.04. The summed E-state index contributed by atoms with van der Waals surface area (Å²) in [6, 6.07) is 4.76. The topological polar surface area (TPSA) is 87.8 Å². The molecule has 4 atom stereocenters. The van der Waals surface area contributed by atoms with Crippen LogP contribution in [0, 0.1) is 23.2 Å². The Morgan fingerprint density at radius 1 is 1.23 bits per heavy atom. The van der Waals surface area contributed by atoms with E-state index in [4.69, 9.17) is 19.9 Å². The van der Waals surface area contributed by atoms with Crippen LogP contribution in [0.4, 0.5) is 0 Å². The molecule has 0 heterocycles. The van der Waals surface area contributed by atoms with Crippen molar-refractivity contribution in [3.8, 4) is 11.5 Å². The van der Waals surface area contributed by atoms with Crippen molar-refractivity contribution in [2.45, 2.75) is 39.7 Å². The third-order valence-corrected chi connectivity index (χ3v) is 6.31. The van der Waals surface area contributed by atoms with Gasteiger partial charge < -0.3 is 19.9 Å². The van der Waals surface area contributed by atoms with Gasteiger partial charge in [-0.25, -0.2) is 4.79 Å². The molecule has 3 aliphatic carbocycles. The highest BCUT2D eigenvalue weighted by Gasteiger charge is 2.57. The molecule has 0 radical (unpaired) electrons. The predicted molar refractivity (Wildman–Crippen MR) is 96.0 cm³/mol. The summed E-state index contributed by atoms with van der Waals surface area (Å²) >= 11 is 0. The summed E-state index contributed by atoms with van der Waals surface area (Å²) in [5.74, 6) is 1.38. The molecule has 1 amide bonds. The summed E-state index contributed by atoms with van der Waals surface area (Å²) in [5.41, 5.74) is 5.84. The van der Waals surface area contributed by atoms with Gasteiger partial charge in [-0.15, -0.1) is 0 Å². The molecule has 6 heteroatoms. The van der Waals surface area contributed by atoms with E-state index in [9.17, 15) is 9.59 Å². The second-order valence-electron chi connectivity index (χ2n) is 8.02. The molecular formula is C20H27NO5. The van der Waals surface area contributed by atoms with E-state index >= 15 is 0 Å². The SMILES string of the molecule is COc1cc(C(=O)O[C@H]2C[C@H]3C[C@@H]([C@H]2C)C3(C)C)ccc1OCC(N)=O. The second-order valence-corrected chi connectivity index (χ2v) is 8.02. The lowest BCUT2D eigenvalue weighted by Crippen LogP contribution is -2.57. The van der Waals surface area contributed by atoms with Gasteiger partial charge in [0.2, 0.25) is 0 Å². The van der Waals surface area contributed by atoms with Crippen LogP contribution in [0.25, 0.3) is 0 Å². The Bertz CT molecular complexity index is 714. The van der Waals surface area contributed by atoms with Crippen molar-refractivity contribution in [3.05, 3.63) is 23.8 Å². The lowest BCUT2D eigenvalue weighted by atomic mass is 9.45. The van der Waals surface area contributed by atoms with Crippen LogP contribution in [-0.4, -0.2) is 31.7 Å². The van der Waals surface area contributed by atoms with Crippen LogP contribution >= 0.6 is 0 Å². The number of esters is 1. The van der Waals surface area contributed by atoms with Crippen LogP contribution in [0.3, 0.4) is 0 Å². The van der Waals surface area contributed by atoms with Gasteiger partial charge in [-0.1, -0.05) is 20.8 Å². The van der Waals surface area contributed by atoms with Crippen LogP contribution in [0.1, 0.15) is 44.0 Å². The summed E-state index contributed by atoms with van der Waals surface area (Å²) in [6.07, 6.45) is 2.12. The first kappa shape index (κ1) is 18.5. The number of benzene rings is 1. The second kappa shape index (κ2) is 6.82. The molecule has 2 N–H and O–H groups in total. The van der Waals surface area contributed by atoms with Crippen LogP contribution in [0.15, 0.2) is 18.2 Å². The number of rotatable bonds is 6. The number of primary amides is 1. The molecule has 6 nitrogen and oxygen atoms in total. The molecule has 0 spiro atoms. The monoisotopic (exact) mass is 361 g/mol. The van der Waals surface area contributed by atoms with Crippen LogP contribution < -0.4 is 15.2 Å². The van der Waals surface area contributed by atoms with Crippen molar-refractivity contribution in [3.63, 3.8) is 0 Å². The first-order chi connectivity index (χ1) is 12.2. The number of nitrogens with two attached hydrogens (primary N) is 1. The van der Waals surface area contributed by atoms with Gasteiger partial charge in [0.1, 0.15) is 6.10 Å². The number of ether oxygens (including phenoxy) is 3. The number of methoxy groups -OCH3 is 1. The van der Waals surface area contributed by atoms with E-state index < -0.39 is 5.91 Å². The normalized spacial score (nSPS) is 28.6. The highest BCUT2D eigenvalue weighted by Crippen LogP contribution is 2.61. The summed E-state index contributed by atoms with van der Waals surface area (Å²) in [5, 5.41) is 0. The zero-order valence-electron chi connectivity index (χ0n) is 15.8. The molecule has 2 bridgehead atoms. The van der Waals surface area contributed by atoms with Gasteiger partial charge in [-0.2, -0.15) is 0 Å². The number of carbonyl (C=O) groups is 2. The Hall–Kier alpha value is -2.24. The summed E-state index contributed by atoms with van der Waals surface area (Å²) in [7, 11) is 1.47. The van der Waals surface area contributed by atoms with Crippen molar-refractivity contribution in [2.75, 3.05) is 13.7 Å². The maximum Gasteiger partial charge on any atom is 0.338 e. The van der Waals surface area contributed by atoms with Gasteiger partial charge in [-0.3, -0.25) is 4.79 Å². The van der Waals surface area contributed by atoms with Gasteiger partial charge in [0.25, 0.3) is 5.91 Å². The van der Waals surface area contributed by atoms with E-state index in [1.807, 2.05) is 0 Å². The summed E-state index contributed by atoms with van der Waals surface area (Å²) < 4.78 is 16.3. The van der Waals surface area contributed by atoms with Crippen LogP contribution in [0.5, 0.6) is 11.5 Å². The van der Waals surface area contributed by atoms with Crippen molar-refractivity contribution in [1.82, 2.24) is 0 Å². The van der Waals surface area contributed by atoms with E-state index in [1.54, 1.807) is 18.2 Å². The lowest BCUT2D eigenvalue weighted by molar-refractivity contribution is -0.156. The number of hydrogen-bond donors (Lipinski definition) is 1. The van der Waals surface area contributed by atoms with Crippen LogP contribution in [0.2, 0.25) is 0 Å². The number of amides is 1. The molecule has 3 aliphatic rings. The smallest absolute Gasteiger partial charge is 0.338 e. The van der Waals surface area contributed by atoms with Gasteiger partial charge in [0.05, 0.1) is 12.7 Å². The molecule has 1 aromatic rings. The molecule has 4 rings (SSSR count). The van der Waals surface area contributed by atoms with E-state index in [0.29, 0.717) is 40.2 Å². The third kappa shape index (κ3) is 3.24. The largest absolute Gasteiger partial charge is 0.493 e. The average molecular weight is 361 g/mol. The Kier molecular flexibility index (Phi) is 4.86. The molecule has 0 unspecified atom stereocenters. The minimum absolute atomic E-state index is 0.0453. The number of hydrogen-bond acceptors (Lipinski definition) is 5. The Balaban J connectivity index is 1.68. The molecular weight excluding hydrogens is 334 g/mol.